The summed E-state index contributed by atoms with van der Waals surface area (Å²) in [6, 6.07) is 6.87. The number of carbonyl (C=O) groups is 3. The van der Waals surface area contributed by atoms with Gasteiger partial charge in [-0.2, -0.15) is 0 Å². The van der Waals surface area contributed by atoms with Gasteiger partial charge in [-0.15, -0.1) is 11.3 Å². The Morgan fingerprint density at radius 2 is 2.04 bits per heavy atom. The van der Waals surface area contributed by atoms with Gasteiger partial charge >= 0.3 is 11.9 Å². The summed E-state index contributed by atoms with van der Waals surface area (Å²) >= 11 is 1.45. The number of hydrogen-bond donors (Lipinski definition) is 1. The molecule has 0 bridgehead atoms. The van der Waals surface area contributed by atoms with Crippen LogP contribution in [0.3, 0.4) is 0 Å². The summed E-state index contributed by atoms with van der Waals surface area (Å²) in [5, 5.41) is 3.21. The van der Waals surface area contributed by atoms with Crippen LogP contribution in [0.5, 0.6) is 0 Å². The lowest BCUT2D eigenvalue weighted by Gasteiger charge is -2.21. The van der Waals surface area contributed by atoms with Gasteiger partial charge in [0.1, 0.15) is 11.0 Å². The molecule has 1 amide bonds. The maximum atomic E-state index is 12.0. The number of ether oxygens (including phenoxy) is 2. The number of para-hydroxylation sites is 1. The molecule has 1 N–H and O–H groups in total. The lowest BCUT2D eigenvalue weighted by molar-refractivity contribution is -0.148. The van der Waals surface area contributed by atoms with Crippen LogP contribution in [0.15, 0.2) is 30.3 Å². The molecular weight excluding hydrogens is 368 g/mol. The Labute approximate surface area is 161 Å². The molecule has 8 heteroatoms. The van der Waals surface area contributed by atoms with Crippen LogP contribution in [0.2, 0.25) is 0 Å². The first-order chi connectivity index (χ1) is 12.9. The molecule has 0 aliphatic carbocycles. The zero-order valence-electron chi connectivity index (χ0n) is 15.4. The maximum Gasteiger partial charge on any atom is 0.331 e. The van der Waals surface area contributed by atoms with Crippen LogP contribution < -0.4 is 5.32 Å². The number of carbonyl (C=O) groups excluding carboxylic acids is 3. The van der Waals surface area contributed by atoms with Crippen molar-refractivity contribution in [2.45, 2.75) is 26.3 Å². The standard InChI is InChI=1S/C19H22N2O5S/c1-4-12(2)18(19(24)25-3)21-15(22)11-26-17(23)10-9-16-20-13-7-5-6-8-14(13)27-16/h5-10,12,18H,4,11H2,1-3H3,(H,21,22)/b10-9+/t12-,18+/m0/s1. The Balaban J connectivity index is 1.86. The van der Waals surface area contributed by atoms with Gasteiger partial charge in [-0.25, -0.2) is 14.6 Å². The number of nitrogens with zero attached hydrogens (tertiary/aromatic N) is 1. The van der Waals surface area contributed by atoms with Crippen LogP contribution in [0.4, 0.5) is 0 Å². The second kappa shape index (κ2) is 9.82. The topological polar surface area (TPSA) is 94.6 Å². The van der Waals surface area contributed by atoms with E-state index in [1.54, 1.807) is 6.08 Å². The molecule has 0 unspecified atom stereocenters. The van der Waals surface area contributed by atoms with Gasteiger partial charge < -0.3 is 14.8 Å². The van der Waals surface area contributed by atoms with Crippen LogP contribution in [0.1, 0.15) is 25.3 Å². The van der Waals surface area contributed by atoms with E-state index in [-0.39, 0.29) is 5.92 Å². The van der Waals surface area contributed by atoms with E-state index >= 15 is 0 Å². The van der Waals surface area contributed by atoms with Crippen molar-refractivity contribution in [1.82, 2.24) is 10.3 Å². The first-order valence-electron chi connectivity index (χ1n) is 8.52. The number of thiazole rings is 1. The molecule has 1 aromatic heterocycles. The number of nitrogens with one attached hydrogen (secondary N) is 1. The molecule has 0 saturated heterocycles. The molecule has 0 spiro atoms. The lowest BCUT2D eigenvalue weighted by Crippen LogP contribution is -2.47. The number of methoxy groups -OCH3 is 1. The highest BCUT2D eigenvalue weighted by Gasteiger charge is 2.26. The van der Waals surface area contributed by atoms with Gasteiger partial charge in [0.15, 0.2) is 6.61 Å². The normalized spacial score (nSPS) is 13.3. The number of esters is 2. The molecule has 1 aromatic carbocycles. The van der Waals surface area contributed by atoms with Gasteiger partial charge in [0.05, 0.1) is 17.3 Å². The molecule has 7 nitrogen and oxygen atoms in total. The molecule has 27 heavy (non-hydrogen) atoms. The molecule has 1 heterocycles. The highest BCUT2D eigenvalue weighted by molar-refractivity contribution is 7.19. The van der Waals surface area contributed by atoms with Gasteiger partial charge in [-0.1, -0.05) is 32.4 Å². The number of hydrogen-bond acceptors (Lipinski definition) is 7. The number of benzene rings is 1. The van der Waals surface area contributed by atoms with Crippen molar-refractivity contribution >= 4 is 45.5 Å². The van der Waals surface area contributed by atoms with Crippen molar-refractivity contribution in [2.75, 3.05) is 13.7 Å². The minimum atomic E-state index is -0.774. The maximum absolute atomic E-state index is 12.0. The molecule has 0 aliphatic heterocycles. The second-order valence-corrected chi connectivity index (χ2v) is 6.98. The summed E-state index contributed by atoms with van der Waals surface area (Å²) in [6.07, 6.45) is 3.45. The Kier molecular flexibility index (Phi) is 7.48. The molecule has 144 valence electrons. The third-order valence-electron chi connectivity index (χ3n) is 4.00. The highest BCUT2D eigenvalue weighted by Crippen LogP contribution is 2.22. The van der Waals surface area contributed by atoms with Crippen LogP contribution >= 0.6 is 11.3 Å². The summed E-state index contributed by atoms with van der Waals surface area (Å²) in [4.78, 5) is 39.9. The van der Waals surface area contributed by atoms with E-state index in [1.165, 1.54) is 24.5 Å². The third kappa shape index (κ3) is 5.89. The molecule has 2 rings (SSSR count). The first-order valence-corrected chi connectivity index (χ1v) is 9.33. The largest absolute Gasteiger partial charge is 0.467 e. The zero-order chi connectivity index (χ0) is 19.8. The van der Waals surface area contributed by atoms with Gasteiger partial charge in [0, 0.05) is 6.08 Å². The van der Waals surface area contributed by atoms with Crippen molar-refractivity contribution in [3.63, 3.8) is 0 Å². The monoisotopic (exact) mass is 390 g/mol. The first kappa shape index (κ1) is 20.6. The van der Waals surface area contributed by atoms with E-state index in [9.17, 15) is 14.4 Å². The van der Waals surface area contributed by atoms with Crippen LogP contribution in [0.25, 0.3) is 16.3 Å². The zero-order valence-corrected chi connectivity index (χ0v) is 16.2. The predicted molar refractivity (Wildman–Crippen MR) is 103 cm³/mol. The summed E-state index contributed by atoms with van der Waals surface area (Å²) < 4.78 is 10.6. The fourth-order valence-electron chi connectivity index (χ4n) is 2.30. The van der Waals surface area contributed by atoms with Crippen molar-refractivity contribution in [3.05, 3.63) is 35.3 Å². The average molecular weight is 390 g/mol. The van der Waals surface area contributed by atoms with Crippen molar-refractivity contribution in [2.24, 2.45) is 5.92 Å². The van der Waals surface area contributed by atoms with Crippen molar-refractivity contribution in [3.8, 4) is 0 Å². The van der Waals surface area contributed by atoms with Crippen LogP contribution in [-0.2, 0) is 23.9 Å². The van der Waals surface area contributed by atoms with E-state index in [4.69, 9.17) is 9.47 Å². The Hall–Kier alpha value is -2.74. The summed E-state index contributed by atoms with van der Waals surface area (Å²) in [5.41, 5.74) is 0.855. The lowest BCUT2D eigenvalue weighted by atomic mass is 9.99. The Morgan fingerprint density at radius 1 is 1.30 bits per heavy atom. The fourth-order valence-corrected chi connectivity index (χ4v) is 3.17. The molecule has 0 saturated carbocycles. The fraction of sp³-hybridized carbons (Fsp3) is 0.368. The predicted octanol–water partition coefficient (Wildman–Crippen LogP) is 2.56. The number of fused-ring (bicyclic) bond motifs is 1. The van der Waals surface area contributed by atoms with Gasteiger partial charge in [0.25, 0.3) is 5.91 Å². The molecule has 2 atom stereocenters. The summed E-state index contributed by atoms with van der Waals surface area (Å²) in [5.74, 6) is -1.86. The number of amides is 1. The average Bonchev–Trinajstić information content (AvgIpc) is 3.10. The number of aromatic nitrogens is 1. The van der Waals surface area contributed by atoms with Crippen LogP contribution in [0, 0.1) is 5.92 Å². The minimum Gasteiger partial charge on any atom is -0.467 e. The van der Waals surface area contributed by atoms with E-state index in [0.717, 1.165) is 10.2 Å². The van der Waals surface area contributed by atoms with Crippen molar-refractivity contribution in [1.29, 1.82) is 0 Å². The molecule has 2 aromatic rings. The van der Waals surface area contributed by atoms with E-state index < -0.39 is 30.5 Å². The second-order valence-electron chi connectivity index (χ2n) is 5.91. The van der Waals surface area contributed by atoms with Gasteiger partial charge in [0.2, 0.25) is 0 Å². The Morgan fingerprint density at radius 3 is 2.70 bits per heavy atom. The summed E-state index contributed by atoms with van der Waals surface area (Å²) in [6.45, 7) is 3.25. The Bertz CT molecular complexity index is 812. The van der Waals surface area contributed by atoms with Crippen molar-refractivity contribution < 1.29 is 23.9 Å². The summed E-state index contributed by atoms with van der Waals surface area (Å²) in [7, 11) is 1.26. The third-order valence-corrected chi connectivity index (χ3v) is 5.00. The smallest absolute Gasteiger partial charge is 0.331 e. The van der Waals surface area contributed by atoms with Gasteiger partial charge in [-0.3, -0.25) is 4.79 Å². The van der Waals surface area contributed by atoms with E-state index in [0.29, 0.717) is 11.4 Å². The molecular formula is C19H22N2O5S. The SMILES string of the molecule is CC[C@H](C)[C@@H](NC(=O)COC(=O)/C=C/c1nc2ccccc2s1)C(=O)OC. The van der Waals surface area contributed by atoms with Gasteiger partial charge in [-0.05, 0) is 24.1 Å². The van der Waals surface area contributed by atoms with Crippen LogP contribution in [-0.4, -0.2) is 42.6 Å². The molecule has 0 radical (unpaired) electrons. The molecule has 0 aliphatic rings. The highest BCUT2D eigenvalue weighted by atomic mass is 32.1. The minimum absolute atomic E-state index is 0.101. The van der Waals surface area contributed by atoms with E-state index in [1.807, 2.05) is 38.1 Å². The quantitative estimate of drug-likeness (QED) is 0.550. The van der Waals surface area contributed by atoms with E-state index in [2.05, 4.69) is 10.3 Å². The number of rotatable bonds is 8. The molecule has 0 fully saturated rings.